The molecule has 1 nitrogen and oxygen atoms in total. The molecule has 3 aromatic carbocycles. The summed E-state index contributed by atoms with van der Waals surface area (Å²) in [6.07, 6.45) is 13.0. The minimum Gasteiger partial charge on any atom is -0.492 e. The van der Waals surface area contributed by atoms with E-state index in [0.717, 1.165) is 33.7 Å². The average molecular weight is 466 g/mol. The molecule has 162 valence electrons. The summed E-state index contributed by atoms with van der Waals surface area (Å²) in [5.41, 5.74) is 0. The molecule has 4 heteroatoms. The third-order valence-corrected chi connectivity index (χ3v) is 6.50. The molecule has 0 bridgehead atoms. The summed E-state index contributed by atoms with van der Waals surface area (Å²) in [6, 6.07) is 11.6. The van der Waals surface area contributed by atoms with Crippen LogP contribution in [0.3, 0.4) is 0 Å². The Morgan fingerprint density at radius 1 is 0.700 bits per heavy atom. The minimum atomic E-state index is 0.600. The van der Waals surface area contributed by atoms with Gasteiger partial charge in [0.15, 0.2) is 0 Å². The zero-order valence-corrected chi connectivity index (χ0v) is 20.1. The summed E-state index contributed by atoms with van der Waals surface area (Å²) < 4.78 is 6.29. The van der Waals surface area contributed by atoms with E-state index in [4.69, 9.17) is 39.5 Å². The van der Waals surface area contributed by atoms with Crippen LogP contribution in [0.1, 0.15) is 71.1 Å². The molecular formula is C26H31Cl3O. The smallest absolute Gasteiger partial charge is 0.136 e. The maximum atomic E-state index is 6.54. The van der Waals surface area contributed by atoms with Crippen LogP contribution in [0.5, 0.6) is 5.75 Å². The zero-order chi connectivity index (χ0) is 21.3. The van der Waals surface area contributed by atoms with Crippen molar-refractivity contribution in [3.63, 3.8) is 0 Å². The number of rotatable bonds is 12. The maximum Gasteiger partial charge on any atom is 0.136 e. The van der Waals surface area contributed by atoms with Gasteiger partial charge in [-0.1, -0.05) is 112 Å². The standard InChI is InChI=1S/C26H31Cl3O/c1-2-3-4-5-6-7-8-9-10-11-15-30-26-22-17-20(27)18-24(29)21(22)16-19-13-12-14-23(28)25(19)26/h12-14,16-18H,2-11,15H2,1H3. The van der Waals surface area contributed by atoms with E-state index in [-0.39, 0.29) is 0 Å². The van der Waals surface area contributed by atoms with Gasteiger partial charge in [0.25, 0.3) is 0 Å². The van der Waals surface area contributed by atoms with Crippen molar-refractivity contribution in [2.45, 2.75) is 71.1 Å². The number of hydrogen-bond donors (Lipinski definition) is 0. The van der Waals surface area contributed by atoms with Gasteiger partial charge in [-0.05, 0) is 36.1 Å². The van der Waals surface area contributed by atoms with E-state index in [1.165, 1.54) is 57.8 Å². The molecule has 3 rings (SSSR count). The van der Waals surface area contributed by atoms with Crippen molar-refractivity contribution in [3.8, 4) is 5.75 Å². The highest BCUT2D eigenvalue weighted by molar-refractivity contribution is 6.40. The summed E-state index contributed by atoms with van der Waals surface area (Å²) in [5, 5.41) is 5.72. The lowest BCUT2D eigenvalue weighted by atomic mass is 10.0. The second-order valence-electron chi connectivity index (χ2n) is 8.06. The van der Waals surface area contributed by atoms with Crippen LogP contribution in [-0.4, -0.2) is 6.61 Å². The average Bonchev–Trinajstić information content (AvgIpc) is 2.72. The van der Waals surface area contributed by atoms with Crippen LogP contribution in [0.4, 0.5) is 0 Å². The van der Waals surface area contributed by atoms with Crippen molar-refractivity contribution in [1.29, 1.82) is 0 Å². The molecule has 0 heterocycles. The molecule has 0 amide bonds. The van der Waals surface area contributed by atoms with Gasteiger partial charge in [0.2, 0.25) is 0 Å². The molecule has 3 aromatic rings. The highest BCUT2D eigenvalue weighted by Gasteiger charge is 2.14. The summed E-state index contributed by atoms with van der Waals surface area (Å²) in [7, 11) is 0. The van der Waals surface area contributed by atoms with E-state index < -0.39 is 0 Å². The Balaban J connectivity index is 1.61. The van der Waals surface area contributed by atoms with Crippen molar-refractivity contribution < 1.29 is 4.74 Å². The van der Waals surface area contributed by atoms with Gasteiger partial charge in [-0.3, -0.25) is 0 Å². The lowest BCUT2D eigenvalue weighted by molar-refractivity contribution is 0.311. The van der Waals surface area contributed by atoms with Crippen LogP contribution < -0.4 is 4.74 Å². The van der Waals surface area contributed by atoms with Gasteiger partial charge in [-0.25, -0.2) is 0 Å². The molecule has 0 saturated heterocycles. The van der Waals surface area contributed by atoms with Crippen molar-refractivity contribution in [2.75, 3.05) is 6.61 Å². The molecule has 0 aliphatic rings. The van der Waals surface area contributed by atoms with Crippen LogP contribution >= 0.6 is 34.8 Å². The van der Waals surface area contributed by atoms with Crippen molar-refractivity contribution >= 4 is 56.3 Å². The first kappa shape index (κ1) is 23.5. The molecular weight excluding hydrogens is 435 g/mol. The molecule has 0 aromatic heterocycles. The van der Waals surface area contributed by atoms with Gasteiger partial charge in [-0.2, -0.15) is 0 Å². The molecule has 0 N–H and O–H groups in total. The summed E-state index contributed by atoms with van der Waals surface area (Å²) in [5.74, 6) is 0.786. The molecule has 0 saturated carbocycles. The number of hydrogen-bond acceptors (Lipinski definition) is 1. The molecule has 0 radical (unpaired) electrons. The largest absolute Gasteiger partial charge is 0.492 e. The van der Waals surface area contributed by atoms with Gasteiger partial charge in [0.05, 0.1) is 16.7 Å². The molecule has 0 unspecified atom stereocenters. The maximum absolute atomic E-state index is 6.54. The first-order chi connectivity index (χ1) is 14.6. The van der Waals surface area contributed by atoms with Crippen LogP contribution in [0, 0.1) is 0 Å². The SMILES string of the molecule is CCCCCCCCCCCCOc1c2cc(Cl)cc(Cl)c2cc2cccc(Cl)c12. The van der Waals surface area contributed by atoms with E-state index in [9.17, 15) is 0 Å². The predicted octanol–water partition coefficient (Wildman–Crippen LogP) is 10.3. The highest BCUT2D eigenvalue weighted by Crippen LogP contribution is 2.42. The third-order valence-electron chi connectivity index (χ3n) is 5.66. The lowest BCUT2D eigenvalue weighted by Crippen LogP contribution is -1.99. The van der Waals surface area contributed by atoms with E-state index in [2.05, 4.69) is 13.0 Å². The van der Waals surface area contributed by atoms with E-state index >= 15 is 0 Å². The second-order valence-corrected chi connectivity index (χ2v) is 9.31. The molecule has 0 fully saturated rings. The van der Waals surface area contributed by atoms with Crippen molar-refractivity contribution in [3.05, 3.63) is 51.5 Å². The number of ether oxygens (including phenoxy) is 1. The van der Waals surface area contributed by atoms with Crippen LogP contribution in [0.25, 0.3) is 21.5 Å². The van der Waals surface area contributed by atoms with Gasteiger partial charge in [0, 0.05) is 21.2 Å². The topological polar surface area (TPSA) is 9.23 Å². The Morgan fingerprint density at radius 2 is 1.37 bits per heavy atom. The Labute approximate surface area is 195 Å². The van der Waals surface area contributed by atoms with Crippen LogP contribution in [0.15, 0.2) is 36.4 Å². The van der Waals surface area contributed by atoms with Gasteiger partial charge >= 0.3 is 0 Å². The van der Waals surface area contributed by atoms with Crippen LogP contribution in [-0.2, 0) is 0 Å². The quantitative estimate of drug-likeness (QED) is 0.191. The first-order valence-electron chi connectivity index (χ1n) is 11.2. The Hall–Kier alpha value is -1.15. The van der Waals surface area contributed by atoms with Gasteiger partial charge in [0.1, 0.15) is 5.75 Å². The summed E-state index contributed by atoms with van der Waals surface area (Å²) in [4.78, 5) is 0. The molecule has 0 spiro atoms. The Kier molecular flexibility index (Phi) is 9.43. The van der Waals surface area contributed by atoms with E-state index in [1.807, 2.05) is 24.3 Å². The van der Waals surface area contributed by atoms with Gasteiger partial charge < -0.3 is 4.74 Å². The fraction of sp³-hybridized carbons (Fsp3) is 0.462. The molecule has 0 aliphatic carbocycles. The fourth-order valence-electron chi connectivity index (χ4n) is 4.02. The lowest BCUT2D eigenvalue weighted by Gasteiger charge is -2.15. The van der Waals surface area contributed by atoms with Crippen LogP contribution in [0.2, 0.25) is 15.1 Å². The van der Waals surface area contributed by atoms with Crippen molar-refractivity contribution in [1.82, 2.24) is 0 Å². The normalized spacial score (nSPS) is 11.5. The first-order valence-corrected chi connectivity index (χ1v) is 12.4. The van der Waals surface area contributed by atoms with E-state index in [1.54, 1.807) is 6.07 Å². The highest BCUT2D eigenvalue weighted by atomic mass is 35.5. The fourth-order valence-corrected chi connectivity index (χ4v) is 4.84. The molecule has 0 aliphatic heterocycles. The zero-order valence-electron chi connectivity index (χ0n) is 17.8. The monoisotopic (exact) mass is 464 g/mol. The summed E-state index contributed by atoms with van der Waals surface area (Å²) >= 11 is 19.3. The molecule has 30 heavy (non-hydrogen) atoms. The van der Waals surface area contributed by atoms with Crippen molar-refractivity contribution in [2.24, 2.45) is 0 Å². The van der Waals surface area contributed by atoms with Gasteiger partial charge in [-0.15, -0.1) is 0 Å². The minimum absolute atomic E-state index is 0.600. The predicted molar refractivity (Wildman–Crippen MR) is 134 cm³/mol. The Bertz CT molecular complexity index is 968. The number of benzene rings is 3. The molecule has 0 atom stereocenters. The number of unbranched alkanes of at least 4 members (excludes halogenated alkanes) is 9. The number of halogens is 3. The second kappa shape index (κ2) is 12.0. The van der Waals surface area contributed by atoms with E-state index in [0.29, 0.717) is 21.7 Å². The number of fused-ring (bicyclic) bond motifs is 2. The summed E-state index contributed by atoms with van der Waals surface area (Å²) in [6.45, 7) is 2.93. The third kappa shape index (κ3) is 6.19. The Morgan fingerprint density at radius 3 is 2.07 bits per heavy atom.